The summed E-state index contributed by atoms with van der Waals surface area (Å²) in [6, 6.07) is 9.01. The Labute approximate surface area is 111 Å². The summed E-state index contributed by atoms with van der Waals surface area (Å²) < 4.78 is 24.5. The van der Waals surface area contributed by atoms with Gasteiger partial charge in [0.15, 0.2) is 5.03 Å². The van der Waals surface area contributed by atoms with Gasteiger partial charge in [0.2, 0.25) is 9.84 Å². The van der Waals surface area contributed by atoms with E-state index in [-0.39, 0.29) is 9.92 Å². The Hall–Kier alpha value is -1.95. The van der Waals surface area contributed by atoms with Crippen LogP contribution in [0.5, 0.6) is 0 Å². The number of nitrogens with one attached hydrogen (secondary N) is 1. The van der Waals surface area contributed by atoms with E-state index in [0.29, 0.717) is 5.92 Å². The lowest BCUT2D eigenvalue weighted by Crippen LogP contribution is -2.12. The maximum absolute atomic E-state index is 12.2. The molecule has 0 aliphatic carbocycles. The summed E-state index contributed by atoms with van der Waals surface area (Å²) in [6.07, 6.45) is 0. The molecule has 19 heavy (non-hydrogen) atoms. The Morgan fingerprint density at radius 1 is 1.05 bits per heavy atom. The van der Waals surface area contributed by atoms with Crippen LogP contribution >= 0.6 is 0 Å². The summed E-state index contributed by atoms with van der Waals surface area (Å²) in [5.41, 5.74) is 0.627. The van der Waals surface area contributed by atoms with Crippen molar-refractivity contribution in [2.45, 2.75) is 29.7 Å². The van der Waals surface area contributed by atoms with Crippen LogP contribution in [-0.2, 0) is 9.84 Å². The third-order valence-corrected chi connectivity index (χ3v) is 4.46. The van der Waals surface area contributed by atoms with Crippen LogP contribution < -0.4 is 5.56 Å². The maximum atomic E-state index is 12.2. The fourth-order valence-corrected chi connectivity index (χ4v) is 2.78. The summed E-state index contributed by atoms with van der Waals surface area (Å²) >= 11 is 0. The van der Waals surface area contributed by atoms with Gasteiger partial charge in [0.05, 0.1) is 4.90 Å². The minimum absolute atomic E-state index is 0.163. The van der Waals surface area contributed by atoms with Crippen molar-refractivity contribution in [3.8, 4) is 0 Å². The highest BCUT2D eigenvalue weighted by molar-refractivity contribution is 7.91. The molecule has 0 unspecified atom stereocenters. The van der Waals surface area contributed by atoms with Crippen LogP contribution in [-0.4, -0.2) is 18.6 Å². The van der Waals surface area contributed by atoms with Crippen LogP contribution in [0.1, 0.15) is 25.3 Å². The van der Waals surface area contributed by atoms with Crippen LogP contribution in [0.2, 0.25) is 0 Å². The Morgan fingerprint density at radius 3 is 2.16 bits per heavy atom. The number of benzene rings is 1. The van der Waals surface area contributed by atoms with E-state index in [4.69, 9.17) is 0 Å². The molecule has 0 atom stereocenters. The zero-order valence-electron chi connectivity index (χ0n) is 10.6. The summed E-state index contributed by atoms with van der Waals surface area (Å²) in [5.74, 6) is 0.336. The highest BCUT2D eigenvalue weighted by Crippen LogP contribution is 2.21. The number of sulfone groups is 1. The van der Waals surface area contributed by atoms with Crippen LogP contribution in [0.4, 0.5) is 0 Å². The summed E-state index contributed by atoms with van der Waals surface area (Å²) in [6.45, 7) is 4.07. The smallest absolute Gasteiger partial charge is 0.264 e. The molecular weight excluding hydrogens is 264 g/mol. The molecule has 6 heteroatoms. The molecule has 2 rings (SSSR count). The largest absolute Gasteiger partial charge is 0.268 e. The molecule has 0 aliphatic heterocycles. The lowest BCUT2D eigenvalue weighted by Gasteiger charge is -2.07. The molecule has 0 radical (unpaired) electrons. The fourth-order valence-electron chi connectivity index (χ4n) is 1.63. The zero-order valence-corrected chi connectivity index (χ0v) is 11.4. The van der Waals surface area contributed by atoms with Crippen molar-refractivity contribution >= 4 is 9.84 Å². The highest BCUT2D eigenvalue weighted by atomic mass is 32.2. The number of H-pyrrole nitrogens is 1. The summed E-state index contributed by atoms with van der Waals surface area (Å²) in [4.78, 5) is 11.1. The van der Waals surface area contributed by atoms with E-state index >= 15 is 0 Å². The van der Waals surface area contributed by atoms with Gasteiger partial charge in [-0.3, -0.25) is 4.79 Å². The van der Waals surface area contributed by atoms with Gasteiger partial charge in [-0.05, 0) is 29.7 Å². The molecule has 0 bridgehead atoms. The van der Waals surface area contributed by atoms with E-state index < -0.39 is 15.4 Å². The van der Waals surface area contributed by atoms with Gasteiger partial charge in [-0.2, -0.15) is 5.10 Å². The molecular formula is C13H14N2O3S. The first-order valence-corrected chi connectivity index (χ1v) is 7.30. The number of hydrogen-bond acceptors (Lipinski definition) is 4. The minimum atomic E-state index is -3.68. The number of aromatic nitrogens is 2. The molecule has 0 saturated heterocycles. The monoisotopic (exact) mass is 278 g/mol. The van der Waals surface area contributed by atoms with Gasteiger partial charge in [0, 0.05) is 6.07 Å². The second-order valence-electron chi connectivity index (χ2n) is 4.49. The Kier molecular flexibility index (Phi) is 3.53. The Morgan fingerprint density at radius 2 is 1.68 bits per heavy atom. The Balaban J connectivity index is 2.44. The SMILES string of the molecule is CC(C)c1ccc(S(=O)(=O)c2ccc(=O)[nH]n2)cc1. The maximum Gasteiger partial charge on any atom is 0.264 e. The fraction of sp³-hybridized carbons (Fsp3) is 0.231. The second kappa shape index (κ2) is 4.97. The molecule has 0 aliphatic rings. The van der Waals surface area contributed by atoms with E-state index in [1.165, 1.54) is 6.07 Å². The topological polar surface area (TPSA) is 79.9 Å². The highest BCUT2D eigenvalue weighted by Gasteiger charge is 2.19. The molecule has 1 N–H and O–H groups in total. The predicted octanol–water partition coefficient (Wildman–Crippen LogP) is 1.73. The van der Waals surface area contributed by atoms with Crippen molar-refractivity contribution in [3.63, 3.8) is 0 Å². The first-order valence-electron chi connectivity index (χ1n) is 5.82. The molecule has 5 nitrogen and oxygen atoms in total. The van der Waals surface area contributed by atoms with Crippen LogP contribution in [0, 0.1) is 0 Å². The number of rotatable bonds is 3. The number of hydrogen-bond donors (Lipinski definition) is 1. The minimum Gasteiger partial charge on any atom is -0.268 e. The molecule has 0 saturated carbocycles. The molecule has 0 fully saturated rings. The van der Waals surface area contributed by atoms with Crippen LogP contribution in [0.15, 0.2) is 51.1 Å². The first-order chi connectivity index (χ1) is 8.91. The lowest BCUT2D eigenvalue weighted by molar-refractivity contribution is 0.589. The van der Waals surface area contributed by atoms with Gasteiger partial charge in [0.25, 0.3) is 5.56 Å². The molecule has 1 aromatic carbocycles. The molecule has 1 heterocycles. The summed E-state index contributed by atoms with van der Waals surface area (Å²) in [7, 11) is -3.68. The van der Waals surface area contributed by atoms with E-state index in [2.05, 4.69) is 10.2 Å². The third-order valence-electron chi connectivity index (χ3n) is 2.79. The average molecular weight is 278 g/mol. The quantitative estimate of drug-likeness (QED) is 0.927. The Bertz CT molecular complexity index is 711. The van der Waals surface area contributed by atoms with E-state index in [1.54, 1.807) is 24.3 Å². The van der Waals surface area contributed by atoms with E-state index in [1.807, 2.05) is 13.8 Å². The standard InChI is InChI=1S/C13H14N2O3S/c1-9(2)10-3-5-11(6-4-10)19(17,18)13-8-7-12(16)14-15-13/h3-9H,1-2H3,(H,14,16). The summed E-state index contributed by atoms with van der Waals surface area (Å²) in [5, 5.41) is 5.52. The van der Waals surface area contributed by atoms with Crippen molar-refractivity contribution in [2.75, 3.05) is 0 Å². The van der Waals surface area contributed by atoms with Crippen molar-refractivity contribution in [1.29, 1.82) is 0 Å². The van der Waals surface area contributed by atoms with E-state index in [0.717, 1.165) is 11.6 Å². The predicted molar refractivity (Wildman–Crippen MR) is 70.8 cm³/mol. The zero-order chi connectivity index (χ0) is 14.0. The van der Waals surface area contributed by atoms with Gasteiger partial charge in [0.1, 0.15) is 0 Å². The number of nitrogens with zero attached hydrogens (tertiary/aromatic N) is 1. The average Bonchev–Trinajstić information content (AvgIpc) is 2.39. The third kappa shape index (κ3) is 2.73. The molecule has 0 spiro atoms. The van der Waals surface area contributed by atoms with Gasteiger partial charge >= 0.3 is 0 Å². The van der Waals surface area contributed by atoms with Crippen molar-refractivity contribution in [1.82, 2.24) is 10.2 Å². The second-order valence-corrected chi connectivity index (χ2v) is 6.38. The van der Waals surface area contributed by atoms with Crippen molar-refractivity contribution < 1.29 is 8.42 Å². The van der Waals surface area contributed by atoms with Crippen molar-refractivity contribution in [3.05, 3.63) is 52.3 Å². The molecule has 0 amide bonds. The van der Waals surface area contributed by atoms with Crippen LogP contribution in [0.3, 0.4) is 0 Å². The molecule has 1 aromatic heterocycles. The lowest BCUT2D eigenvalue weighted by atomic mass is 10.0. The molecule has 2 aromatic rings. The number of aromatic amines is 1. The normalized spacial score (nSPS) is 11.7. The van der Waals surface area contributed by atoms with Crippen molar-refractivity contribution in [2.24, 2.45) is 0 Å². The van der Waals surface area contributed by atoms with Crippen LogP contribution in [0.25, 0.3) is 0 Å². The van der Waals surface area contributed by atoms with Gasteiger partial charge < -0.3 is 0 Å². The van der Waals surface area contributed by atoms with Gasteiger partial charge in [-0.15, -0.1) is 0 Å². The van der Waals surface area contributed by atoms with E-state index in [9.17, 15) is 13.2 Å². The van der Waals surface area contributed by atoms with Gasteiger partial charge in [-0.25, -0.2) is 13.5 Å². The van der Waals surface area contributed by atoms with Gasteiger partial charge in [-0.1, -0.05) is 26.0 Å². The first kappa shape index (κ1) is 13.5. The molecule has 100 valence electrons.